The first-order chi connectivity index (χ1) is 26.3. The zero-order chi connectivity index (χ0) is 34.9. The van der Waals surface area contributed by atoms with Gasteiger partial charge in [-0.15, -0.1) is 22.7 Å². The molecule has 0 amide bonds. The second-order valence-corrected chi connectivity index (χ2v) is 15.8. The van der Waals surface area contributed by atoms with Gasteiger partial charge in [0.2, 0.25) is 0 Å². The van der Waals surface area contributed by atoms with E-state index in [2.05, 4.69) is 193 Å². The molecule has 0 aliphatic carbocycles. The van der Waals surface area contributed by atoms with E-state index in [1.165, 1.54) is 95.5 Å². The third kappa shape index (κ3) is 4.89. The molecule has 0 spiro atoms. The largest absolute Gasteiger partial charge is 0.309 e. The minimum absolute atomic E-state index is 1.14. The number of anilines is 3. The SMILES string of the molecule is c1ccc(-c2ccc3c(c2)sc2c(-c4ccccc4)ccc(N(c4ccc5ccc6ccccc6c5c4)c4cccc5sc6ccccc6c45)c23)cc1. The molecule has 0 radical (unpaired) electrons. The van der Waals surface area contributed by atoms with E-state index < -0.39 is 0 Å². The number of thiophene rings is 2. The van der Waals surface area contributed by atoms with E-state index in [0.29, 0.717) is 0 Å². The van der Waals surface area contributed by atoms with Gasteiger partial charge in [0.25, 0.3) is 0 Å². The standard InChI is InChI=1S/C50H31NS2/c1-3-12-32(13-4-1)36-25-27-41-47(30-36)53-50-39(33-14-5-2-6-15-33)28-29-44(49(41)50)51(43-19-11-21-46-48(43)40-18-9-10-20-45(40)52-46)37-26-24-35-23-22-34-16-7-8-17-38(34)42(35)31-37/h1-31H. The topological polar surface area (TPSA) is 3.24 Å². The van der Waals surface area contributed by atoms with Gasteiger partial charge in [-0.1, -0.05) is 146 Å². The van der Waals surface area contributed by atoms with Gasteiger partial charge in [-0.25, -0.2) is 0 Å². The van der Waals surface area contributed by atoms with Crippen molar-refractivity contribution in [2.75, 3.05) is 4.90 Å². The molecule has 0 bridgehead atoms. The monoisotopic (exact) mass is 709 g/mol. The van der Waals surface area contributed by atoms with E-state index >= 15 is 0 Å². The van der Waals surface area contributed by atoms with Crippen molar-refractivity contribution in [2.45, 2.75) is 0 Å². The molecule has 53 heavy (non-hydrogen) atoms. The summed E-state index contributed by atoms with van der Waals surface area (Å²) in [6.07, 6.45) is 0. The molecule has 0 unspecified atom stereocenters. The molecule has 0 aliphatic rings. The maximum atomic E-state index is 2.54. The maximum absolute atomic E-state index is 2.54. The van der Waals surface area contributed by atoms with Crippen molar-refractivity contribution >= 4 is 102 Å². The van der Waals surface area contributed by atoms with Gasteiger partial charge in [-0.05, 0) is 86.3 Å². The summed E-state index contributed by atoms with van der Waals surface area (Å²) in [5.74, 6) is 0. The predicted octanol–water partition coefficient (Wildman–Crippen LogP) is 15.5. The Morgan fingerprint density at radius 1 is 0.340 bits per heavy atom. The minimum atomic E-state index is 1.14. The number of hydrogen-bond acceptors (Lipinski definition) is 3. The molecule has 0 fully saturated rings. The Balaban J connectivity index is 1.26. The van der Waals surface area contributed by atoms with Crippen molar-refractivity contribution in [3.05, 3.63) is 188 Å². The Morgan fingerprint density at radius 2 is 1.00 bits per heavy atom. The van der Waals surface area contributed by atoms with Crippen LogP contribution in [0.2, 0.25) is 0 Å². The van der Waals surface area contributed by atoms with Crippen molar-refractivity contribution in [3.8, 4) is 22.3 Å². The van der Waals surface area contributed by atoms with Crippen molar-refractivity contribution in [3.63, 3.8) is 0 Å². The molecule has 248 valence electrons. The third-order valence-corrected chi connectivity index (χ3v) is 13.0. The molecule has 2 heterocycles. The predicted molar refractivity (Wildman–Crippen MR) is 233 cm³/mol. The van der Waals surface area contributed by atoms with Gasteiger partial charge in [0.05, 0.1) is 11.4 Å². The molecule has 1 nitrogen and oxygen atoms in total. The van der Waals surface area contributed by atoms with E-state index in [0.717, 1.165) is 5.69 Å². The molecule has 9 aromatic carbocycles. The van der Waals surface area contributed by atoms with Gasteiger partial charge in [0.1, 0.15) is 0 Å². The smallest absolute Gasteiger partial charge is 0.0555 e. The molecule has 11 aromatic rings. The molecule has 2 aromatic heterocycles. The molecule has 0 N–H and O–H groups in total. The fraction of sp³-hybridized carbons (Fsp3) is 0. The first-order valence-corrected chi connectivity index (χ1v) is 19.6. The maximum Gasteiger partial charge on any atom is 0.0555 e. The summed E-state index contributed by atoms with van der Waals surface area (Å²) in [5, 5.41) is 10.2. The lowest BCUT2D eigenvalue weighted by Gasteiger charge is -2.28. The van der Waals surface area contributed by atoms with Gasteiger partial charge in [0.15, 0.2) is 0 Å². The quantitative estimate of drug-likeness (QED) is 0.161. The van der Waals surface area contributed by atoms with Gasteiger partial charge in [-0.3, -0.25) is 0 Å². The van der Waals surface area contributed by atoms with Gasteiger partial charge in [-0.2, -0.15) is 0 Å². The normalized spacial score (nSPS) is 11.8. The van der Waals surface area contributed by atoms with Crippen LogP contribution in [0.15, 0.2) is 188 Å². The Kier molecular flexibility index (Phi) is 6.97. The molecular formula is C50H31NS2. The van der Waals surface area contributed by atoms with Crippen LogP contribution in [-0.2, 0) is 0 Å². The van der Waals surface area contributed by atoms with Gasteiger partial charge >= 0.3 is 0 Å². The van der Waals surface area contributed by atoms with Crippen LogP contribution in [0.4, 0.5) is 17.1 Å². The van der Waals surface area contributed by atoms with Crippen LogP contribution in [0.25, 0.3) is 84.1 Å². The number of hydrogen-bond donors (Lipinski definition) is 0. The Labute approximate surface area is 315 Å². The summed E-state index contributed by atoms with van der Waals surface area (Å²) in [4.78, 5) is 2.54. The van der Waals surface area contributed by atoms with Crippen LogP contribution in [0.5, 0.6) is 0 Å². The number of rotatable bonds is 5. The summed E-state index contributed by atoms with van der Waals surface area (Å²) in [6, 6.07) is 69.2. The summed E-state index contributed by atoms with van der Waals surface area (Å²) in [6.45, 7) is 0. The van der Waals surface area contributed by atoms with Crippen molar-refractivity contribution in [2.24, 2.45) is 0 Å². The van der Waals surface area contributed by atoms with Crippen LogP contribution in [-0.4, -0.2) is 0 Å². The van der Waals surface area contributed by atoms with Crippen LogP contribution in [0.1, 0.15) is 0 Å². The Bertz CT molecular complexity index is 3170. The lowest BCUT2D eigenvalue weighted by molar-refractivity contribution is 1.33. The van der Waals surface area contributed by atoms with Crippen LogP contribution in [0, 0.1) is 0 Å². The number of fused-ring (bicyclic) bond motifs is 9. The fourth-order valence-corrected chi connectivity index (χ4v) is 10.6. The van der Waals surface area contributed by atoms with Crippen LogP contribution in [0.3, 0.4) is 0 Å². The summed E-state index contributed by atoms with van der Waals surface area (Å²) in [7, 11) is 0. The van der Waals surface area contributed by atoms with E-state index in [4.69, 9.17) is 0 Å². The summed E-state index contributed by atoms with van der Waals surface area (Å²) >= 11 is 3.77. The molecular weight excluding hydrogens is 679 g/mol. The fourth-order valence-electron chi connectivity index (χ4n) is 8.18. The molecule has 0 saturated carbocycles. The first kappa shape index (κ1) is 30.4. The molecule has 11 rings (SSSR count). The molecule has 0 aliphatic heterocycles. The van der Waals surface area contributed by atoms with Crippen LogP contribution < -0.4 is 4.90 Å². The van der Waals surface area contributed by atoms with Crippen LogP contribution >= 0.6 is 22.7 Å². The summed E-state index contributed by atoms with van der Waals surface area (Å²) in [5.41, 5.74) is 8.47. The van der Waals surface area contributed by atoms with Crippen molar-refractivity contribution < 1.29 is 0 Å². The van der Waals surface area contributed by atoms with Crippen molar-refractivity contribution in [1.29, 1.82) is 0 Å². The molecule has 0 saturated heterocycles. The average molecular weight is 710 g/mol. The second-order valence-electron chi connectivity index (χ2n) is 13.7. The average Bonchev–Trinajstić information content (AvgIpc) is 3.81. The van der Waals surface area contributed by atoms with E-state index in [1.807, 2.05) is 22.7 Å². The zero-order valence-electron chi connectivity index (χ0n) is 28.7. The van der Waals surface area contributed by atoms with E-state index in [1.54, 1.807) is 0 Å². The van der Waals surface area contributed by atoms with Gasteiger partial charge in [0, 0.05) is 46.0 Å². The third-order valence-electron chi connectivity index (χ3n) is 10.6. The minimum Gasteiger partial charge on any atom is -0.309 e. The van der Waals surface area contributed by atoms with E-state index in [9.17, 15) is 0 Å². The molecule has 0 atom stereocenters. The highest BCUT2D eigenvalue weighted by Gasteiger charge is 2.24. The van der Waals surface area contributed by atoms with E-state index in [-0.39, 0.29) is 0 Å². The highest BCUT2D eigenvalue weighted by atomic mass is 32.1. The highest BCUT2D eigenvalue weighted by molar-refractivity contribution is 7.26. The number of nitrogens with zero attached hydrogens (tertiary/aromatic N) is 1. The lowest BCUT2D eigenvalue weighted by atomic mass is 9.97. The Hall–Kier alpha value is -6.26. The zero-order valence-corrected chi connectivity index (χ0v) is 30.3. The highest BCUT2D eigenvalue weighted by Crippen LogP contribution is 2.51. The second kappa shape index (κ2) is 12.2. The molecule has 3 heteroatoms. The van der Waals surface area contributed by atoms with Gasteiger partial charge < -0.3 is 4.90 Å². The first-order valence-electron chi connectivity index (χ1n) is 18.0. The Morgan fingerprint density at radius 3 is 1.85 bits per heavy atom. The van der Waals surface area contributed by atoms with Crippen molar-refractivity contribution in [1.82, 2.24) is 0 Å². The number of benzene rings is 9. The lowest BCUT2D eigenvalue weighted by Crippen LogP contribution is -2.11. The summed E-state index contributed by atoms with van der Waals surface area (Å²) < 4.78 is 5.18.